The van der Waals surface area contributed by atoms with Gasteiger partial charge in [-0.25, -0.2) is 0 Å². The molecule has 2 aromatic heterocycles. The van der Waals surface area contributed by atoms with Crippen LogP contribution in [0.4, 0.5) is 0 Å². The highest BCUT2D eigenvalue weighted by atomic mass is 16.5. The molecule has 5 nitrogen and oxygen atoms in total. The molecule has 0 atom stereocenters. The van der Waals surface area contributed by atoms with Crippen LogP contribution in [0.1, 0.15) is 18.2 Å². The Morgan fingerprint density at radius 2 is 2.35 bits per heavy atom. The Morgan fingerprint density at radius 1 is 1.41 bits per heavy atom. The molecule has 0 saturated carbocycles. The maximum atomic E-state index is 5.51. The first kappa shape index (κ1) is 10.4. The van der Waals surface area contributed by atoms with E-state index in [1.807, 2.05) is 4.68 Å². The molecule has 0 fully saturated rings. The van der Waals surface area contributed by atoms with Crippen molar-refractivity contribution in [2.75, 3.05) is 6.61 Å². The molecular weight excluding hydrogens is 216 g/mol. The summed E-state index contributed by atoms with van der Waals surface area (Å²) in [4.78, 5) is 8.40. The number of aryl methyl sites for hydroxylation is 1. The summed E-state index contributed by atoms with van der Waals surface area (Å²) in [5, 5.41) is 4.61. The summed E-state index contributed by atoms with van der Waals surface area (Å²) in [5.41, 5.74) is 4.18. The standard InChI is InChI=1S/C12H14N4O/c1-2-16-11-3-6-17-8-9(11)12(15-16)10-7-13-4-5-14-10/h4-5,7H,2-3,6,8H2,1H3. The molecule has 0 radical (unpaired) electrons. The maximum absolute atomic E-state index is 5.51. The summed E-state index contributed by atoms with van der Waals surface area (Å²) < 4.78 is 7.56. The second-order valence-electron chi connectivity index (χ2n) is 3.98. The van der Waals surface area contributed by atoms with Gasteiger partial charge in [-0.1, -0.05) is 0 Å². The van der Waals surface area contributed by atoms with Gasteiger partial charge in [-0.2, -0.15) is 5.10 Å². The van der Waals surface area contributed by atoms with Crippen molar-refractivity contribution in [2.45, 2.75) is 26.5 Å². The number of aromatic nitrogens is 4. The van der Waals surface area contributed by atoms with E-state index in [4.69, 9.17) is 4.74 Å². The van der Waals surface area contributed by atoms with Gasteiger partial charge in [0.15, 0.2) is 0 Å². The summed E-state index contributed by atoms with van der Waals surface area (Å²) in [6, 6.07) is 0. The van der Waals surface area contributed by atoms with E-state index in [-0.39, 0.29) is 0 Å². The largest absolute Gasteiger partial charge is 0.376 e. The summed E-state index contributed by atoms with van der Waals surface area (Å²) in [5.74, 6) is 0. The van der Waals surface area contributed by atoms with E-state index in [9.17, 15) is 0 Å². The molecule has 3 heterocycles. The lowest BCUT2D eigenvalue weighted by Crippen LogP contribution is -2.13. The minimum absolute atomic E-state index is 0.626. The second-order valence-corrected chi connectivity index (χ2v) is 3.98. The van der Waals surface area contributed by atoms with Crippen molar-refractivity contribution < 1.29 is 4.74 Å². The molecule has 88 valence electrons. The molecule has 5 heteroatoms. The summed E-state index contributed by atoms with van der Waals surface area (Å²) in [6.07, 6.45) is 6.04. The molecule has 0 saturated heterocycles. The number of nitrogens with zero attached hydrogens (tertiary/aromatic N) is 4. The highest BCUT2D eigenvalue weighted by Crippen LogP contribution is 2.27. The first-order chi connectivity index (χ1) is 8.40. The first-order valence-corrected chi connectivity index (χ1v) is 5.83. The van der Waals surface area contributed by atoms with E-state index in [1.165, 1.54) is 11.3 Å². The molecule has 17 heavy (non-hydrogen) atoms. The number of hydrogen-bond donors (Lipinski definition) is 0. The minimum atomic E-state index is 0.626. The molecule has 0 aromatic carbocycles. The molecule has 0 aliphatic carbocycles. The Hall–Kier alpha value is -1.75. The van der Waals surface area contributed by atoms with Crippen LogP contribution in [0, 0.1) is 0 Å². The first-order valence-electron chi connectivity index (χ1n) is 5.83. The Labute approximate surface area is 99.5 Å². The van der Waals surface area contributed by atoms with E-state index < -0.39 is 0 Å². The van der Waals surface area contributed by atoms with E-state index in [0.717, 1.165) is 31.0 Å². The van der Waals surface area contributed by atoms with Crippen LogP contribution in [0.2, 0.25) is 0 Å². The fourth-order valence-corrected chi connectivity index (χ4v) is 2.20. The molecule has 0 N–H and O–H groups in total. The third-order valence-corrected chi connectivity index (χ3v) is 3.00. The lowest BCUT2D eigenvalue weighted by molar-refractivity contribution is 0.109. The SMILES string of the molecule is CCn1nc(-c2cnccn2)c2c1CCOC2. The Kier molecular flexibility index (Phi) is 2.60. The van der Waals surface area contributed by atoms with Crippen LogP contribution in [-0.4, -0.2) is 26.4 Å². The normalized spacial score (nSPS) is 14.6. The Morgan fingerprint density at radius 3 is 3.12 bits per heavy atom. The van der Waals surface area contributed by atoms with Crippen LogP contribution in [0.15, 0.2) is 18.6 Å². The molecule has 1 aliphatic heterocycles. The van der Waals surface area contributed by atoms with Crippen LogP contribution in [0.25, 0.3) is 11.4 Å². The topological polar surface area (TPSA) is 52.8 Å². The third kappa shape index (κ3) is 1.72. The predicted molar refractivity (Wildman–Crippen MR) is 62.3 cm³/mol. The zero-order chi connectivity index (χ0) is 11.7. The van der Waals surface area contributed by atoms with Crippen molar-refractivity contribution in [3.05, 3.63) is 29.8 Å². The van der Waals surface area contributed by atoms with Gasteiger partial charge in [0.05, 0.1) is 19.4 Å². The molecule has 0 unspecified atom stereocenters. The monoisotopic (exact) mass is 230 g/mol. The van der Waals surface area contributed by atoms with Gasteiger partial charge in [0, 0.05) is 36.6 Å². The van der Waals surface area contributed by atoms with Gasteiger partial charge in [-0.05, 0) is 6.92 Å². The number of fused-ring (bicyclic) bond motifs is 1. The molecule has 2 aromatic rings. The number of ether oxygens (including phenoxy) is 1. The van der Waals surface area contributed by atoms with Crippen molar-refractivity contribution in [3.8, 4) is 11.4 Å². The second kappa shape index (κ2) is 4.25. The molecule has 1 aliphatic rings. The molecule has 3 rings (SSSR count). The predicted octanol–water partition coefficient (Wildman–Crippen LogP) is 1.43. The fraction of sp³-hybridized carbons (Fsp3) is 0.417. The zero-order valence-corrected chi connectivity index (χ0v) is 9.76. The average Bonchev–Trinajstić information content (AvgIpc) is 2.78. The smallest absolute Gasteiger partial charge is 0.118 e. The third-order valence-electron chi connectivity index (χ3n) is 3.00. The van der Waals surface area contributed by atoms with Gasteiger partial charge in [0.2, 0.25) is 0 Å². The average molecular weight is 230 g/mol. The van der Waals surface area contributed by atoms with Crippen molar-refractivity contribution in [2.24, 2.45) is 0 Å². The van der Waals surface area contributed by atoms with Gasteiger partial charge >= 0.3 is 0 Å². The Bertz CT molecular complexity index is 521. The van der Waals surface area contributed by atoms with Gasteiger partial charge in [-0.15, -0.1) is 0 Å². The molecule has 0 amide bonds. The van der Waals surface area contributed by atoms with Crippen LogP contribution in [0.3, 0.4) is 0 Å². The van der Waals surface area contributed by atoms with E-state index >= 15 is 0 Å². The summed E-state index contributed by atoms with van der Waals surface area (Å²) in [7, 11) is 0. The zero-order valence-electron chi connectivity index (χ0n) is 9.76. The van der Waals surface area contributed by atoms with Crippen molar-refractivity contribution in [1.29, 1.82) is 0 Å². The minimum Gasteiger partial charge on any atom is -0.376 e. The van der Waals surface area contributed by atoms with Crippen molar-refractivity contribution in [3.63, 3.8) is 0 Å². The molecular formula is C12H14N4O. The maximum Gasteiger partial charge on any atom is 0.118 e. The van der Waals surface area contributed by atoms with Crippen LogP contribution < -0.4 is 0 Å². The number of hydrogen-bond acceptors (Lipinski definition) is 4. The van der Waals surface area contributed by atoms with E-state index in [1.54, 1.807) is 18.6 Å². The van der Waals surface area contributed by atoms with E-state index in [0.29, 0.717) is 6.61 Å². The highest BCUT2D eigenvalue weighted by Gasteiger charge is 2.22. The van der Waals surface area contributed by atoms with Crippen LogP contribution in [-0.2, 0) is 24.3 Å². The van der Waals surface area contributed by atoms with Crippen molar-refractivity contribution in [1.82, 2.24) is 19.7 Å². The fourth-order valence-electron chi connectivity index (χ4n) is 2.20. The Balaban J connectivity index is 2.14. The van der Waals surface area contributed by atoms with Crippen LogP contribution >= 0.6 is 0 Å². The lowest BCUT2D eigenvalue weighted by atomic mass is 10.1. The van der Waals surface area contributed by atoms with Gasteiger partial charge in [0.1, 0.15) is 11.4 Å². The van der Waals surface area contributed by atoms with Gasteiger partial charge < -0.3 is 4.74 Å². The van der Waals surface area contributed by atoms with E-state index in [2.05, 4.69) is 22.0 Å². The summed E-state index contributed by atoms with van der Waals surface area (Å²) in [6.45, 7) is 4.38. The molecule has 0 bridgehead atoms. The summed E-state index contributed by atoms with van der Waals surface area (Å²) >= 11 is 0. The lowest BCUT2D eigenvalue weighted by Gasteiger charge is -2.14. The quantitative estimate of drug-likeness (QED) is 0.783. The van der Waals surface area contributed by atoms with Gasteiger partial charge in [-0.3, -0.25) is 14.6 Å². The molecule has 0 spiro atoms. The van der Waals surface area contributed by atoms with Crippen molar-refractivity contribution >= 4 is 0 Å². The number of rotatable bonds is 2. The van der Waals surface area contributed by atoms with Crippen LogP contribution in [0.5, 0.6) is 0 Å². The van der Waals surface area contributed by atoms with Gasteiger partial charge in [0.25, 0.3) is 0 Å². The highest BCUT2D eigenvalue weighted by molar-refractivity contribution is 5.59.